The summed E-state index contributed by atoms with van der Waals surface area (Å²) in [6.07, 6.45) is 3.80. The minimum atomic E-state index is -0.539. The molecule has 92 valence electrons. The molecule has 0 radical (unpaired) electrons. The van der Waals surface area contributed by atoms with Gasteiger partial charge in [0.25, 0.3) is 0 Å². The van der Waals surface area contributed by atoms with Crippen molar-refractivity contribution in [2.75, 3.05) is 13.1 Å². The number of rotatable bonds is 8. The van der Waals surface area contributed by atoms with E-state index >= 15 is 0 Å². The van der Waals surface area contributed by atoms with E-state index in [1.165, 1.54) is 5.56 Å². The first-order valence-corrected chi connectivity index (χ1v) is 7.02. The first-order chi connectivity index (χ1) is 7.64. The van der Waals surface area contributed by atoms with Gasteiger partial charge < -0.3 is 10.4 Å². The molecule has 1 atom stereocenters. The summed E-state index contributed by atoms with van der Waals surface area (Å²) in [5.74, 6) is 0. The molecule has 0 fully saturated rings. The number of thiophene rings is 1. The Balaban J connectivity index is 2.17. The lowest BCUT2D eigenvalue weighted by Crippen LogP contribution is -2.30. The van der Waals surface area contributed by atoms with Crippen molar-refractivity contribution in [3.8, 4) is 0 Å². The van der Waals surface area contributed by atoms with Crippen molar-refractivity contribution < 1.29 is 5.11 Å². The summed E-state index contributed by atoms with van der Waals surface area (Å²) in [5.41, 5.74) is 0.801. The van der Waals surface area contributed by atoms with E-state index in [1.54, 1.807) is 11.3 Å². The van der Waals surface area contributed by atoms with Gasteiger partial charge in [-0.25, -0.2) is 0 Å². The number of aliphatic hydroxyl groups is 1. The highest BCUT2D eigenvalue weighted by Gasteiger charge is 2.19. The Labute approximate surface area is 103 Å². The minimum Gasteiger partial charge on any atom is -0.390 e. The highest BCUT2D eigenvalue weighted by atomic mass is 32.1. The van der Waals surface area contributed by atoms with E-state index in [1.807, 2.05) is 6.92 Å². The number of hydrogen-bond donors (Lipinski definition) is 2. The van der Waals surface area contributed by atoms with Crippen LogP contribution in [0.25, 0.3) is 0 Å². The summed E-state index contributed by atoms with van der Waals surface area (Å²) in [5, 5.41) is 17.8. The predicted molar refractivity (Wildman–Crippen MR) is 71.0 cm³/mol. The van der Waals surface area contributed by atoms with Crippen molar-refractivity contribution in [2.24, 2.45) is 0 Å². The zero-order chi connectivity index (χ0) is 11.9. The van der Waals surface area contributed by atoms with Crippen molar-refractivity contribution in [2.45, 2.75) is 45.1 Å². The van der Waals surface area contributed by atoms with Crippen LogP contribution < -0.4 is 5.32 Å². The van der Waals surface area contributed by atoms with Gasteiger partial charge in [-0.3, -0.25) is 0 Å². The van der Waals surface area contributed by atoms with Crippen LogP contribution in [-0.2, 0) is 6.42 Å². The van der Waals surface area contributed by atoms with Gasteiger partial charge in [0.05, 0.1) is 5.60 Å². The van der Waals surface area contributed by atoms with Crippen LogP contribution in [0.4, 0.5) is 0 Å². The normalized spacial score (nSPS) is 14.9. The van der Waals surface area contributed by atoms with Crippen LogP contribution >= 0.6 is 11.3 Å². The van der Waals surface area contributed by atoms with Crippen LogP contribution in [0.2, 0.25) is 0 Å². The number of aryl methyl sites for hydroxylation is 1. The van der Waals surface area contributed by atoms with Crippen LogP contribution in [0.5, 0.6) is 0 Å². The van der Waals surface area contributed by atoms with E-state index in [4.69, 9.17) is 0 Å². The van der Waals surface area contributed by atoms with Gasteiger partial charge >= 0.3 is 0 Å². The van der Waals surface area contributed by atoms with E-state index in [2.05, 4.69) is 29.1 Å². The lowest BCUT2D eigenvalue weighted by atomic mass is 9.94. The molecule has 0 saturated heterocycles. The van der Waals surface area contributed by atoms with Gasteiger partial charge in [-0.15, -0.1) is 0 Å². The Morgan fingerprint density at radius 1 is 1.38 bits per heavy atom. The van der Waals surface area contributed by atoms with Crippen molar-refractivity contribution in [3.05, 3.63) is 22.4 Å². The van der Waals surface area contributed by atoms with Crippen LogP contribution in [0.15, 0.2) is 16.8 Å². The maximum absolute atomic E-state index is 10.2. The Hall–Kier alpha value is -0.380. The third-order valence-corrected chi connectivity index (χ3v) is 3.53. The summed E-state index contributed by atoms with van der Waals surface area (Å²) in [4.78, 5) is 0. The molecule has 1 aromatic rings. The minimum absolute atomic E-state index is 0.539. The van der Waals surface area contributed by atoms with Crippen molar-refractivity contribution >= 4 is 11.3 Å². The molecule has 0 aliphatic carbocycles. The molecule has 1 rings (SSSR count). The van der Waals surface area contributed by atoms with Gasteiger partial charge in [0, 0.05) is 0 Å². The van der Waals surface area contributed by atoms with E-state index < -0.39 is 5.60 Å². The first kappa shape index (κ1) is 13.7. The van der Waals surface area contributed by atoms with Gasteiger partial charge in [0.2, 0.25) is 0 Å². The standard InChI is InChI=1S/C13H23NOS/c1-3-8-14-9-7-13(2,15)6-4-12-5-10-16-11-12/h5,10-11,14-15H,3-4,6-9H2,1-2H3. The summed E-state index contributed by atoms with van der Waals surface area (Å²) >= 11 is 1.72. The van der Waals surface area contributed by atoms with E-state index in [-0.39, 0.29) is 0 Å². The van der Waals surface area contributed by atoms with Crippen molar-refractivity contribution in [1.82, 2.24) is 5.32 Å². The molecule has 1 aromatic heterocycles. The second kappa shape index (κ2) is 7.05. The molecular formula is C13H23NOS. The Morgan fingerprint density at radius 3 is 2.81 bits per heavy atom. The second-order valence-corrected chi connectivity index (χ2v) is 5.41. The molecule has 0 aliphatic heterocycles. The quantitative estimate of drug-likeness (QED) is 0.686. The second-order valence-electron chi connectivity index (χ2n) is 4.63. The zero-order valence-electron chi connectivity index (χ0n) is 10.3. The highest BCUT2D eigenvalue weighted by Crippen LogP contribution is 2.18. The molecule has 0 spiro atoms. The molecule has 3 heteroatoms. The molecular weight excluding hydrogens is 218 g/mol. The smallest absolute Gasteiger partial charge is 0.0635 e. The van der Waals surface area contributed by atoms with Gasteiger partial charge in [-0.1, -0.05) is 6.92 Å². The molecule has 0 bridgehead atoms. The van der Waals surface area contributed by atoms with Crippen LogP contribution in [0.1, 0.15) is 38.7 Å². The average molecular weight is 241 g/mol. The molecule has 1 heterocycles. The number of nitrogens with one attached hydrogen (secondary N) is 1. The van der Waals surface area contributed by atoms with Crippen LogP contribution in [-0.4, -0.2) is 23.8 Å². The summed E-state index contributed by atoms with van der Waals surface area (Å²) in [7, 11) is 0. The largest absolute Gasteiger partial charge is 0.390 e. The zero-order valence-corrected chi connectivity index (χ0v) is 11.1. The van der Waals surface area contributed by atoms with Gasteiger partial charge in [-0.2, -0.15) is 11.3 Å². The first-order valence-electron chi connectivity index (χ1n) is 6.08. The maximum Gasteiger partial charge on any atom is 0.0635 e. The molecule has 0 saturated carbocycles. The lowest BCUT2D eigenvalue weighted by molar-refractivity contribution is 0.0426. The summed E-state index contributed by atoms with van der Waals surface area (Å²) in [6.45, 7) is 6.04. The Morgan fingerprint density at radius 2 is 2.19 bits per heavy atom. The van der Waals surface area contributed by atoms with E-state index in [0.29, 0.717) is 0 Å². The monoisotopic (exact) mass is 241 g/mol. The Kier molecular flexibility index (Phi) is 6.03. The topological polar surface area (TPSA) is 32.3 Å². The van der Waals surface area contributed by atoms with Gasteiger partial charge in [0.15, 0.2) is 0 Å². The summed E-state index contributed by atoms with van der Waals surface area (Å²) in [6, 6.07) is 2.13. The SMILES string of the molecule is CCCNCCC(C)(O)CCc1ccsc1. The third kappa shape index (κ3) is 5.64. The molecule has 2 N–H and O–H groups in total. The van der Waals surface area contributed by atoms with Gasteiger partial charge in [0.1, 0.15) is 0 Å². The highest BCUT2D eigenvalue weighted by molar-refractivity contribution is 7.07. The number of hydrogen-bond acceptors (Lipinski definition) is 3. The molecule has 1 unspecified atom stereocenters. The summed E-state index contributed by atoms with van der Waals surface area (Å²) < 4.78 is 0. The van der Waals surface area contributed by atoms with Crippen molar-refractivity contribution in [1.29, 1.82) is 0 Å². The maximum atomic E-state index is 10.2. The van der Waals surface area contributed by atoms with Crippen LogP contribution in [0.3, 0.4) is 0 Å². The average Bonchev–Trinajstić information content (AvgIpc) is 2.75. The van der Waals surface area contributed by atoms with Gasteiger partial charge in [-0.05, 0) is 68.1 Å². The fourth-order valence-electron chi connectivity index (χ4n) is 1.63. The van der Waals surface area contributed by atoms with Crippen molar-refractivity contribution in [3.63, 3.8) is 0 Å². The molecule has 16 heavy (non-hydrogen) atoms. The van der Waals surface area contributed by atoms with E-state index in [0.717, 1.165) is 38.8 Å². The molecule has 0 amide bonds. The predicted octanol–water partition coefficient (Wildman–Crippen LogP) is 2.82. The Bertz CT molecular complexity index is 269. The fourth-order valence-corrected chi connectivity index (χ4v) is 2.34. The van der Waals surface area contributed by atoms with Crippen LogP contribution in [0, 0.1) is 0 Å². The fraction of sp³-hybridized carbons (Fsp3) is 0.692. The third-order valence-electron chi connectivity index (χ3n) is 2.80. The molecule has 2 nitrogen and oxygen atoms in total. The molecule has 0 aromatic carbocycles. The molecule has 0 aliphatic rings. The lowest BCUT2D eigenvalue weighted by Gasteiger charge is -2.23. The van der Waals surface area contributed by atoms with E-state index in [9.17, 15) is 5.11 Å².